The van der Waals surface area contributed by atoms with Crippen molar-refractivity contribution in [2.45, 2.75) is 98.7 Å². The number of amides is 2. The molecule has 3 aliphatic heterocycles. The van der Waals surface area contributed by atoms with Crippen LogP contribution in [0.25, 0.3) is 10.8 Å². The van der Waals surface area contributed by atoms with E-state index < -0.39 is 95.5 Å². The van der Waals surface area contributed by atoms with Crippen molar-refractivity contribution in [1.82, 2.24) is 4.90 Å². The van der Waals surface area contributed by atoms with Crippen LogP contribution in [-0.2, 0) is 41.7 Å². The fourth-order valence-electron chi connectivity index (χ4n) is 8.82. The van der Waals surface area contributed by atoms with E-state index >= 15 is 0 Å². The van der Waals surface area contributed by atoms with Crippen LogP contribution in [0.2, 0.25) is 0 Å². The number of ether oxygens (including phenoxy) is 5. The van der Waals surface area contributed by atoms with Crippen molar-refractivity contribution in [1.29, 1.82) is 0 Å². The molecule has 0 saturated heterocycles. The number of allylic oxidation sites excluding steroid dienone is 2. The highest BCUT2D eigenvalue weighted by Crippen LogP contribution is 2.54. The number of carbonyl (C=O) groups is 4. The molecule has 5 N–H and O–H groups in total. The summed E-state index contributed by atoms with van der Waals surface area (Å²) in [7, 11) is 1.44. The molecule has 4 aromatic rings. The largest absolute Gasteiger partial charge is 0.507 e. The van der Waals surface area contributed by atoms with Gasteiger partial charge in [-0.1, -0.05) is 107 Å². The number of anilines is 1. The van der Waals surface area contributed by atoms with E-state index in [0.717, 1.165) is 11.1 Å². The lowest BCUT2D eigenvalue weighted by Crippen LogP contribution is -2.46. The van der Waals surface area contributed by atoms with Crippen LogP contribution in [0.15, 0.2) is 103 Å². The highest BCUT2D eigenvalue weighted by molar-refractivity contribution is 6.21. The summed E-state index contributed by atoms with van der Waals surface area (Å²) in [5, 5.41) is 49.1. The fraction of sp³-hybridized carbons (Fsp3) is 0.396. The molecule has 15 heteroatoms. The Morgan fingerprint density at radius 3 is 2.04 bits per heavy atom. The quantitative estimate of drug-likeness (QED) is 0.0808. The van der Waals surface area contributed by atoms with Crippen molar-refractivity contribution >= 4 is 40.0 Å². The second-order valence-corrected chi connectivity index (χ2v) is 17.9. The minimum Gasteiger partial charge on any atom is -0.507 e. The van der Waals surface area contributed by atoms with Gasteiger partial charge in [0.15, 0.2) is 12.4 Å². The van der Waals surface area contributed by atoms with E-state index in [-0.39, 0.29) is 57.7 Å². The molecule has 0 saturated carbocycles. The van der Waals surface area contributed by atoms with Crippen LogP contribution >= 0.6 is 0 Å². The molecule has 15 nitrogen and oxygen atoms in total. The smallest absolute Gasteiger partial charge is 0.312 e. The zero-order chi connectivity index (χ0) is 49.6. The van der Waals surface area contributed by atoms with Gasteiger partial charge in [0.25, 0.3) is 17.6 Å². The first-order valence-electron chi connectivity index (χ1n) is 22.6. The van der Waals surface area contributed by atoms with Gasteiger partial charge in [0, 0.05) is 80.3 Å². The van der Waals surface area contributed by atoms with Crippen LogP contribution < -0.4 is 14.8 Å². The third kappa shape index (κ3) is 10.9. The number of aromatic hydroxyl groups is 2. The van der Waals surface area contributed by atoms with E-state index in [9.17, 15) is 39.6 Å². The molecule has 362 valence electrons. The summed E-state index contributed by atoms with van der Waals surface area (Å²) in [5.74, 6) is -8.31. The van der Waals surface area contributed by atoms with E-state index in [2.05, 4.69) is 5.32 Å². The molecule has 5 bridgehead atoms. The van der Waals surface area contributed by atoms with E-state index in [1.54, 1.807) is 44.7 Å². The lowest BCUT2D eigenvalue weighted by molar-refractivity contribution is -0.160. The number of aliphatic hydroxyl groups is 2. The Balaban J connectivity index is 1.47. The van der Waals surface area contributed by atoms with E-state index in [1.807, 2.05) is 60.7 Å². The number of nitrogens with one attached hydrogen (secondary N) is 1. The number of Topliss-reactive ketones (excluding diaryl/α,β-unsaturated/α-hetero) is 1. The van der Waals surface area contributed by atoms with Crippen molar-refractivity contribution in [3.8, 4) is 23.0 Å². The number of aliphatic hydroxyl groups excluding tert-OH is 2. The Kier molecular flexibility index (Phi) is 16.1. The summed E-state index contributed by atoms with van der Waals surface area (Å²) < 4.78 is 30.2. The summed E-state index contributed by atoms with van der Waals surface area (Å²) in [6.45, 7) is 12.5. The molecule has 68 heavy (non-hydrogen) atoms. The van der Waals surface area contributed by atoms with Crippen LogP contribution in [0, 0.1) is 30.6 Å². The molecular formula is C53H62N2O13. The topological polar surface area (TPSA) is 211 Å². The maximum Gasteiger partial charge on any atom is 0.312 e. The molecule has 0 unspecified atom stereocenters. The van der Waals surface area contributed by atoms with Crippen molar-refractivity contribution in [3.63, 3.8) is 0 Å². The van der Waals surface area contributed by atoms with Crippen LogP contribution in [0.3, 0.4) is 0 Å². The first kappa shape index (κ1) is 50.7. The van der Waals surface area contributed by atoms with Gasteiger partial charge in [0.05, 0.1) is 41.2 Å². The minimum atomic E-state index is -2.06. The number of nitrogens with zero attached hydrogens (tertiary/aromatic N) is 1. The third-order valence-electron chi connectivity index (χ3n) is 13.0. The average molecular weight is 935 g/mol. The molecule has 9 atom stereocenters. The first-order valence-corrected chi connectivity index (χ1v) is 22.6. The Morgan fingerprint density at radius 1 is 0.838 bits per heavy atom. The number of benzene rings is 4. The van der Waals surface area contributed by atoms with E-state index in [4.69, 9.17) is 23.7 Å². The summed E-state index contributed by atoms with van der Waals surface area (Å²) >= 11 is 0. The maximum atomic E-state index is 14.8. The number of esters is 1. The molecule has 3 heterocycles. The number of hydrogen-bond donors (Lipinski definition) is 5. The lowest BCUT2D eigenvalue weighted by Gasteiger charge is -2.38. The lowest BCUT2D eigenvalue weighted by atomic mass is 9.78. The standard InChI is InChI=1S/C53H62N2O13/c1-29-17-16-18-30(2)52(63)54-38-25-40(65-28-41(57)55(26-36-19-12-10-13-20-36)27-37-21-14-11-15-22-37)42-43(48(38)61)47(60)34(6)50-44(42)51(62)53(8,68-50)66-24-23-39(64-9)31(3)49(67-35(7)56)33(5)46(59)32(4)45(29)58/h10-25,29,31-33,39,45-46,49,58-61H,26-28H2,1-9H3,(H,54,63)/b17-16+,24-23+,30-18-/t29-,31+,32+,33+,39-,45-,46+,49+,53-/m0/s1. The summed E-state index contributed by atoms with van der Waals surface area (Å²) in [6, 6.07) is 20.1. The van der Waals surface area contributed by atoms with E-state index in [0.29, 0.717) is 0 Å². The number of ketones is 1. The molecule has 0 spiro atoms. The van der Waals surface area contributed by atoms with Crippen LogP contribution in [0.5, 0.6) is 23.0 Å². The van der Waals surface area contributed by atoms with Crippen LogP contribution in [0.4, 0.5) is 5.69 Å². The van der Waals surface area contributed by atoms with Crippen molar-refractivity contribution in [3.05, 3.63) is 125 Å². The van der Waals surface area contributed by atoms with E-state index in [1.165, 1.54) is 59.3 Å². The molecular weight excluding hydrogens is 873 g/mol. The SMILES string of the molecule is CO[C@H]1/C=C/O[C@@]2(C)Oc3c(C)c(O)c4c(O)c(cc(OCC(=O)N(Cc5ccccc5)Cc5ccccc5)c4c3C2=O)NC(=O)/C(C)=C\C=C\[C@H](C)[C@H](O)[C@@H](C)[C@@H](O)[C@@H](C)[C@H](OC(C)=O)[C@@H]1C. The predicted molar refractivity (Wildman–Crippen MR) is 255 cm³/mol. The van der Waals surface area contributed by atoms with Gasteiger partial charge in [-0.3, -0.25) is 19.2 Å². The Morgan fingerprint density at radius 2 is 1.46 bits per heavy atom. The fourth-order valence-corrected chi connectivity index (χ4v) is 8.82. The van der Waals surface area contributed by atoms with Gasteiger partial charge < -0.3 is 54.3 Å². The van der Waals surface area contributed by atoms with Gasteiger partial charge in [0.2, 0.25) is 0 Å². The number of fused-ring (bicyclic) bond motifs is 14. The molecule has 4 aromatic carbocycles. The Hall–Kier alpha value is -6.68. The van der Waals surface area contributed by atoms with Crippen LogP contribution in [0.1, 0.15) is 75.5 Å². The number of methoxy groups -OCH3 is 1. The predicted octanol–water partition coefficient (Wildman–Crippen LogP) is 7.66. The highest BCUT2D eigenvalue weighted by Gasteiger charge is 2.50. The number of rotatable bonds is 9. The van der Waals surface area contributed by atoms with Crippen LogP contribution in [-0.4, -0.2) is 92.8 Å². The van der Waals surface area contributed by atoms with Crippen molar-refractivity contribution in [2.24, 2.45) is 23.7 Å². The second kappa shape index (κ2) is 21.5. The maximum absolute atomic E-state index is 14.8. The molecule has 0 aliphatic carbocycles. The Labute approximate surface area is 396 Å². The van der Waals surface area contributed by atoms with Gasteiger partial charge >= 0.3 is 11.8 Å². The number of phenolic OH excluding ortho intramolecular Hbond substituents is 2. The van der Waals surface area contributed by atoms with Gasteiger partial charge in [-0.05, 0) is 31.1 Å². The first-order chi connectivity index (χ1) is 32.3. The molecule has 7 rings (SSSR count). The summed E-state index contributed by atoms with van der Waals surface area (Å²) in [5.41, 5.74) is 1.67. The highest BCUT2D eigenvalue weighted by atomic mass is 16.7. The molecule has 0 radical (unpaired) electrons. The van der Waals surface area contributed by atoms with Gasteiger partial charge in [-0.2, -0.15) is 0 Å². The van der Waals surface area contributed by atoms with Crippen molar-refractivity contribution < 1.29 is 63.3 Å². The van der Waals surface area contributed by atoms with Gasteiger partial charge in [-0.25, -0.2) is 0 Å². The van der Waals surface area contributed by atoms with Gasteiger partial charge in [-0.15, -0.1) is 0 Å². The summed E-state index contributed by atoms with van der Waals surface area (Å²) in [4.78, 5) is 56.8. The second-order valence-electron chi connectivity index (χ2n) is 17.9. The Bertz CT molecular complexity index is 2550. The zero-order valence-corrected chi connectivity index (χ0v) is 39.9. The number of hydrogen-bond acceptors (Lipinski definition) is 13. The number of carbonyl (C=O) groups excluding carboxylic acids is 4. The normalized spacial score (nSPS) is 27.3. The monoisotopic (exact) mass is 934 g/mol. The minimum absolute atomic E-state index is 0.0623. The average Bonchev–Trinajstić information content (AvgIpc) is 3.59. The van der Waals surface area contributed by atoms with Crippen molar-refractivity contribution in [2.75, 3.05) is 19.0 Å². The summed E-state index contributed by atoms with van der Waals surface area (Å²) in [6.07, 6.45) is 3.55. The molecule has 0 aromatic heterocycles. The molecule has 0 fully saturated rings. The molecule has 3 aliphatic rings. The zero-order valence-electron chi connectivity index (χ0n) is 39.9. The molecule has 2 amide bonds. The van der Waals surface area contributed by atoms with Gasteiger partial charge in [0.1, 0.15) is 23.4 Å². The third-order valence-corrected chi connectivity index (χ3v) is 13.0. The number of phenols is 2.